The molecule has 1 saturated heterocycles. The molecule has 0 N–H and O–H groups in total. The van der Waals surface area contributed by atoms with Crippen LogP contribution >= 0.6 is 0 Å². The Bertz CT molecular complexity index is 522. The van der Waals surface area contributed by atoms with Gasteiger partial charge in [0.15, 0.2) is 0 Å². The molecule has 4 heteroatoms. The third kappa shape index (κ3) is 1.82. The van der Waals surface area contributed by atoms with Crippen molar-refractivity contribution in [3.05, 3.63) is 30.5 Å². The lowest BCUT2D eigenvalue weighted by Crippen LogP contribution is -2.40. The van der Waals surface area contributed by atoms with Crippen molar-refractivity contribution in [1.82, 2.24) is 14.7 Å². The SMILES string of the molecule is CN1CCC(n2ncc3ccccc32)C(F)C1. The Kier molecular flexibility index (Phi) is 2.59. The summed E-state index contributed by atoms with van der Waals surface area (Å²) in [5, 5.41) is 5.43. The van der Waals surface area contributed by atoms with E-state index in [0.717, 1.165) is 23.9 Å². The zero-order valence-electron chi connectivity index (χ0n) is 9.88. The van der Waals surface area contributed by atoms with Gasteiger partial charge in [-0.2, -0.15) is 5.10 Å². The molecule has 17 heavy (non-hydrogen) atoms. The normalized spacial score (nSPS) is 26.5. The molecule has 3 rings (SSSR count). The van der Waals surface area contributed by atoms with Crippen molar-refractivity contribution >= 4 is 10.9 Å². The molecule has 1 aromatic carbocycles. The van der Waals surface area contributed by atoms with Gasteiger partial charge in [0, 0.05) is 18.5 Å². The van der Waals surface area contributed by atoms with E-state index in [2.05, 4.69) is 5.10 Å². The number of benzene rings is 1. The zero-order chi connectivity index (χ0) is 11.8. The van der Waals surface area contributed by atoms with Crippen LogP contribution in [0.1, 0.15) is 12.5 Å². The van der Waals surface area contributed by atoms with Crippen molar-refractivity contribution in [3.63, 3.8) is 0 Å². The van der Waals surface area contributed by atoms with Crippen LogP contribution < -0.4 is 0 Å². The number of piperidine rings is 1. The number of rotatable bonds is 1. The third-order valence-electron chi connectivity index (χ3n) is 3.53. The van der Waals surface area contributed by atoms with E-state index < -0.39 is 6.17 Å². The van der Waals surface area contributed by atoms with Gasteiger partial charge in [0.2, 0.25) is 0 Å². The summed E-state index contributed by atoms with van der Waals surface area (Å²) in [5.41, 5.74) is 1.03. The minimum Gasteiger partial charge on any atom is -0.303 e. The average Bonchev–Trinajstić information content (AvgIpc) is 2.73. The fourth-order valence-electron chi connectivity index (χ4n) is 2.58. The van der Waals surface area contributed by atoms with Crippen LogP contribution in [-0.2, 0) is 0 Å². The van der Waals surface area contributed by atoms with Crippen LogP contribution in [0.2, 0.25) is 0 Å². The fourth-order valence-corrected chi connectivity index (χ4v) is 2.58. The number of nitrogens with zero attached hydrogens (tertiary/aromatic N) is 3. The highest BCUT2D eigenvalue weighted by Gasteiger charge is 2.30. The molecule has 3 nitrogen and oxygen atoms in total. The summed E-state index contributed by atoms with van der Waals surface area (Å²) in [5.74, 6) is 0. The molecule has 0 spiro atoms. The lowest BCUT2D eigenvalue weighted by atomic mass is 10.0. The second-order valence-corrected chi connectivity index (χ2v) is 4.78. The van der Waals surface area contributed by atoms with Gasteiger partial charge in [-0.3, -0.25) is 4.68 Å². The molecule has 0 radical (unpaired) electrons. The van der Waals surface area contributed by atoms with Gasteiger partial charge in [0.05, 0.1) is 17.8 Å². The molecule has 90 valence electrons. The molecular formula is C13H16FN3. The van der Waals surface area contributed by atoms with Crippen molar-refractivity contribution < 1.29 is 4.39 Å². The highest BCUT2D eigenvalue weighted by atomic mass is 19.1. The monoisotopic (exact) mass is 233 g/mol. The Morgan fingerprint density at radius 1 is 1.35 bits per heavy atom. The van der Waals surface area contributed by atoms with Gasteiger partial charge in [-0.05, 0) is 19.5 Å². The van der Waals surface area contributed by atoms with Crippen LogP contribution in [0.4, 0.5) is 4.39 Å². The number of alkyl halides is 1. The molecule has 2 unspecified atom stereocenters. The minimum absolute atomic E-state index is 0.119. The van der Waals surface area contributed by atoms with Crippen LogP contribution in [0.25, 0.3) is 10.9 Å². The van der Waals surface area contributed by atoms with Gasteiger partial charge in [-0.15, -0.1) is 0 Å². The predicted molar refractivity (Wildman–Crippen MR) is 65.8 cm³/mol. The molecular weight excluding hydrogens is 217 g/mol. The largest absolute Gasteiger partial charge is 0.303 e. The molecule has 2 atom stereocenters. The van der Waals surface area contributed by atoms with Crippen molar-refractivity contribution in [2.45, 2.75) is 18.6 Å². The lowest BCUT2D eigenvalue weighted by Gasteiger charge is -2.32. The molecule has 2 aromatic rings. The molecule has 0 saturated carbocycles. The highest BCUT2D eigenvalue weighted by Crippen LogP contribution is 2.27. The van der Waals surface area contributed by atoms with Crippen molar-refractivity contribution in [2.75, 3.05) is 20.1 Å². The number of halogens is 1. The zero-order valence-corrected chi connectivity index (χ0v) is 9.88. The first kappa shape index (κ1) is 10.7. The van der Waals surface area contributed by atoms with Gasteiger partial charge < -0.3 is 4.90 Å². The lowest BCUT2D eigenvalue weighted by molar-refractivity contribution is 0.103. The molecule has 1 fully saturated rings. The fraction of sp³-hybridized carbons (Fsp3) is 0.462. The van der Waals surface area contributed by atoms with E-state index in [-0.39, 0.29) is 6.04 Å². The minimum atomic E-state index is -0.836. The van der Waals surface area contributed by atoms with Crippen molar-refractivity contribution in [2.24, 2.45) is 0 Å². The second kappa shape index (κ2) is 4.11. The summed E-state index contributed by atoms with van der Waals surface area (Å²) in [6, 6.07) is 7.86. The summed E-state index contributed by atoms with van der Waals surface area (Å²) in [6.07, 6.45) is 1.81. The molecule has 1 aromatic heterocycles. The molecule has 0 bridgehead atoms. The molecule has 0 amide bonds. The number of likely N-dealkylation sites (tertiary alicyclic amines) is 1. The first-order valence-corrected chi connectivity index (χ1v) is 6.00. The molecule has 2 heterocycles. The van der Waals surface area contributed by atoms with Gasteiger partial charge in [-0.1, -0.05) is 18.2 Å². The van der Waals surface area contributed by atoms with Gasteiger partial charge in [0.25, 0.3) is 0 Å². The van der Waals surface area contributed by atoms with Crippen molar-refractivity contribution in [1.29, 1.82) is 0 Å². The van der Waals surface area contributed by atoms with Crippen LogP contribution in [0.5, 0.6) is 0 Å². The standard InChI is InChI=1S/C13H16FN3/c1-16-7-6-13(11(14)9-16)17-12-5-3-2-4-10(12)8-15-17/h2-5,8,11,13H,6-7,9H2,1H3. The van der Waals surface area contributed by atoms with Gasteiger partial charge in [-0.25, -0.2) is 4.39 Å². The summed E-state index contributed by atoms with van der Waals surface area (Å²) in [6.45, 7) is 1.43. The molecule has 0 aliphatic carbocycles. The van der Waals surface area contributed by atoms with Gasteiger partial charge >= 0.3 is 0 Å². The van der Waals surface area contributed by atoms with E-state index in [1.165, 1.54) is 0 Å². The molecule has 1 aliphatic rings. The van der Waals surface area contributed by atoms with Crippen LogP contribution in [0, 0.1) is 0 Å². The predicted octanol–water partition coefficient (Wildman–Crippen LogP) is 2.25. The summed E-state index contributed by atoms with van der Waals surface area (Å²) in [4.78, 5) is 2.03. The second-order valence-electron chi connectivity index (χ2n) is 4.78. The first-order valence-electron chi connectivity index (χ1n) is 6.00. The highest BCUT2D eigenvalue weighted by molar-refractivity contribution is 5.78. The topological polar surface area (TPSA) is 21.1 Å². The maximum absolute atomic E-state index is 14.1. The Hall–Kier alpha value is -1.42. The van der Waals surface area contributed by atoms with E-state index in [1.54, 1.807) is 0 Å². The van der Waals surface area contributed by atoms with E-state index in [1.807, 2.05) is 47.1 Å². The summed E-state index contributed by atoms with van der Waals surface area (Å²) >= 11 is 0. The quantitative estimate of drug-likeness (QED) is 0.753. The summed E-state index contributed by atoms with van der Waals surface area (Å²) < 4.78 is 15.9. The van der Waals surface area contributed by atoms with Gasteiger partial charge in [0.1, 0.15) is 6.17 Å². The van der Waals surface area contributed by atoms with Crippen LogP contribution in [0.15, 0.2) is 30.5 Å². The van der Waals surface area contributed by atoms with E-state index in [0.29, 0.717) is 6.54 Å². The Balaban J connectivity index is 1.98. The van der Waals surface area contributed by atoms with E-state index in [4.69, 9.17) is 0 Å². The Labute approximate surface area is 99.8 Å². The van der Waals surface area contributed by atoms with E-state index in [9.17, 15) is 4.39 Å². The van der Waals surface area contributed by atoms with Crippen molar-refractivity contribution in [3.8, 4) is 0 Å². The maximum atomic E-state index is 14.1. The maximum Gasteiger partial charge on any atom is 0.135 e. The third-order valence-corrected chi connectivity index (χ3v) is 3.53. The number of aromatic nitrogens is 2. The number of fused-ring (bicyclic) bond motifs is 1. The summed E-state index contributed by atoms with van der Waals surface area (Å²) in [7, 11) is 1.96. The average molecular weight is 233 g/mol. The Morgan fingerprint density at radius 3 is 3.00 bits per heavy atom. The van der Waals surface area contributed by atoms with E-state index >= 15 is 0 Å². The number of hydrogen-bond donors (Lipinski definition) is 0. The number of para-hydroxylation sites is 1. The Morgan fingerprint density at radius 2 is 2.18 bits per heavy atom. The number of hydrogen-bond acceptors (Lipinski definition) is 2. The smallest absolute Gasteiger partial charge is 0.135 e. The van der Waals surface area contributed by atoms with Crippen LogP contribution in [0.3, 0.4) is 0 Å². The molecule has 1 aliphatic heterocycles. The first-order chi connectivity index (χ1) is 8.25. The van der Waals surface area contributed by atoms with Crippen LogP contribution in [-0.4, -0.2) is 41.0 Å².